The van der Waals surface area contributed by atoms with Crippen molar-refractivity contribution in [1.29, 1.82) is 0 Å². The molecule has 1 aliphatic heterocycles. The predicted octanol–water partition coefficient (Wildman–Crippen LogP) is 3.50. The number of amides is 1. The molecule has 1 amide bonds. The second-order valence-electron chi connectivity index (χ2n) is 7.00. The minimum absolute atomic E-state index is 0.220. The van der Waals surface area contributed by atoms with Gasteiger partial charge in [-0.25, -0.2) is 4.79 Å². The molecular weight excluding hydrogens is 360 g/mol. The van der Waals surface area contributed by atoms with Crippen molar-refractivity contribution in [2.45, 2.75) is 39.3 Å². The zero-order chi connectivity index (χ0) is 17.0. The van der Waals surface area contributed by atoms with Crippen LogP contribution >= 0.6 is 15.9 Å². The molecule has 0 saturated carbocycles. The van der Waals surface area contributed by atoms with Crippen LogP contribution in [0.2, 0.25) is 0 Å². The van der Waals surface area contributed by atoms with Crippen molar-refractivity contribution in [1.82, 2.24) is 10.2 Å². The zero-order valence-corrected chi connectivity index (χ0v) is 15.5. The third-order valence-corrected chi connectivity index (χ3v) is 4.35. The minimum Gasteiger partial charge on any atom is -0.507 e. The van der Waals surface area contributed by atoms with E-state index < -0.39 is 5.60 Å². The van der Waals surface area contributed by atoms with Gasteiger partial charge in [0.2, 0.25) is 0 Å². The summed E-state index contributed by atoms with van der Waals surface area (Å²) < 4.78 is 6.11. The van der Waals surface area contributed by atoms with E-state index in [-0.39, 0.29) is 11.8 Å². The van der Waals surface area contributed by atoms with Gasteiger partial charge in [0.1, 0.15) is 11.4 Å². The molecule has 0 aromatic heterocycles. The normalized spacial score (nSPS) is 18.3. The number of phenols is 1. The molecule has 128 valence electrons. The fourth-order valence-corrected chi connectivity index (χ4v) is 3.00. The van der Waals surface area contributed by atoms with Crippen LogP contribution in [0.3, 0.4) is 0 Å². The smallest absolute Gasteiger partial charge is 0.410 e. The molecule has 1 aromatic carbocycles. The molecule has 1 atom stereocenters. The summed E-state index contributed by atoms with van der Waals surface area (Å²) in [5, 5.41) is 12.9. The Kier molecular flexibility index (Phi) is 5.92. The van der Waals surface area contributed by atoms with Crippen molar-refractivity contribution in [2.24, 2.45) is 5.92 Å². The van der Waals surface area contributed by atoms with Crippen molar-refractivity contribution >= 4 is 22.0 Å². The number of halogens is 1. The van der Waals surface area contributed by atoms with E-state index in [9.17, 15) is 9.90 Å². The van der Waals surface area contributed by atoms with E-state index in [4.69, 9.17) is 4.74 Å². The van der Waals surface area contributed by atoms with Crippen LogP contribution in [0.25, 0.3) is 0 Å². The van der Waals surface area contributed by atoms with E-state index in [1.165, 1.54) is 0 Å². The number of nitrogens with one attached hydrogen (secondary N) is 1. The molecule has 1 unspecified atom stereocenters. The van der Waals surface area contributed by atoms with Crippen LogP contribution < -0.4 is 5.32 Å². The molecule has 2 rings (SSSR count). The van der Waals surface area contributed by atoms with Crippen molar-refractivity contribution < 1.29 is 14.6 Å². The first-order valence-corrected chi connectivity index (χ1v) is 8.70. The predicted molar refractivity (Wildman–Crippen MR) is 93.4 cm³/mol. The Morgan fingerprint density at radius 2 is 2.22 bits per heavy atom. The molecule has 6 heteroatoms. The van der Waals surface area contributed by atoms with Crippen LogP contribution in [-0.2, 0) is 11.3 Å². The Morgan fingerprint density at radius 3 is 2.87 bits per heavy atom. The van der Waals surface area contributed by atoms with Gasteiger partial charge >= 0.3 is 6.09 Å². The maximum Gasteiger partial charge on any atom is 0.410 e. The summed E-state index contributed by atoms with van der Waals surface area (Å²) in [6.07, 6.45) is 0.772. The first-order chi connectivity index (χ1) is 10.7. The minimum atomic E-state index is -0.445. The number of hydrogen-bond donors (Lipinski definition) is 2. The molecular formula is C17H25BrN2O3. The summed E-state index contributed by atoms with van der Waals surface area (Å²) in [7, 11) is 0. The second kappa shape index (κ2) is 7.53. The summed E-state index contributed by atoms with van der Waals surface area (Å²) in [6.45, 7) is 8.74. The number of carbonyl (C=O) groups excluding carboxylic acids is 1. The van der Waals surface area contributed by atoms with Crippen LogP contribution in [0.1, 0.15) is 32.8 Å². The van der Waals surface area contributed by atoms with E-state index in [0.717, 1.165) is 38.2 Å². The lowest BCUT2D eigenvalue weighted by Gasteiger charge is -2.24. The molecule has 1 aliphatic rings. The fourth-order valence-electron chi connectivity index (χ4n) is 2.57. The summed E-state index contributed by atoms with van der Waals surface area (Å²) >= 11 is 3.32. The Morgan fingerprint density at radius 1 is 1.48 bits per heavy atom. The molecule has 2 N–H and O–H groups in total. The first-order valence-electron chi connectivity index (χ1n) is 7.90. The molecule has 0 aliphatic carbocycles. The monoisotopic (exact) mass is 384 g/mol. The number of aromatic hydroxyl groups is 1. The van der Waals surface area contributed by atoms with Crippen LogP contribution in [0.15, 0.2) is 22.7 Å². The van der Waals surface area contributed by atoms with Gasteiger partial charge < -0.3 is 20.1 Å². The molecule has 5 nitrogen and oxygen atoms in total. The van der Waals surface area contributed by atoms with Gasteiger partial charge in [0.25, 0.3) is 0 Å². The molecule has 1 heterocycles. The third kappa shape index (κ3) is 5.70. The highest BCUT2D eigenvalue weighted by molar-refractivity contribution is 9.10. The SMILES string of the molecule is CC(C)(C)OC(=O)N1CCC(CNCc2ccc(O)c(Br)c2)C1. The van der Waals surface area contributed by atoms with Crippen LogP contribution in [-0.4, -0.2) is 41.3 Å². The van der Waals surface area contributed by atoms with Crippen LogP contribution in [0.4, 0.5) is 4.79 Å². The van der Waals surface area contributed by atoms with Gasteiger partial charge in [-0.1, -0.05) is 6.07 Å². The number of likely N-dealkylation sites (tertiary alicyclic amines) is 1. The lowest BCUT2D eigenvalue weighted by molar-refractivity contribution is 0.0288. The molecule has 0 spiro atoms. The number of nitrogens with zero attached hydrogens (tertiary/aromatic N) is 1. The lowest BCUT2D eigenvalue weighted by atomic mass is 10.1. The lowest BCUT2D eigenvalue weighted by Crippen LogP contribution is -2.36. The standard InChI is InChI=1S/C17H25BrN2O3/c1-17(2,3)23-16(22)20-7-6-13(11-20)10-19-9-12-4-5-15(21)14(18)8-12/h4-5,8,13,19,21H,6-7,9-11H2,1-3H3. The number of phenolic OH excluding ortho intramolecular Hbond substituents is 1. The van der Waals surface area contributed by atoms with Crippen molar-refractivity contribution in [3.63, 3.8) is 0 Å². The van der Waals surface area contributed by atoms with Crippen molar-refractivity contribution in [3.05, 3.63) is 28.2 Å². The molecule has 23 heavy (non-hydrogen) atoms. The summed E-state index contributed by atoms with van der Waals surface area (Å²) in [4.78, 5) is 13.8. The van der Waals surface area contributed by atoms with E-state index in [2.05, 4.69) is 21.2 Å². The van der Waals surface area contributed by atoms with E-state index in [1.807, 2.05) is 32.9 Å². The van der Waals surface area contributed by atoms with E-state index in [0.29, 0.717) is 10.4 Å². The Balaban J connectivity index is 1.73. The van der Waals surface area contributed by atoms with Gasteiger partial charge in [0.05, 0.1) is 4.47 Å². The zero-order valence-electron chi connectivity index (χ0n) is 13.9. The maximum atomic E-state index is 12.0. The van der Waals surface area contributed by atoms with Crippen LogP contribution in [0.5, 0.6) is 5.75 Å². The maximum absolute atomic E-state index is 12.0. The highest BCUT2D eigenvalue weighted by Gasteiger charge is 2.29. The fraction of sp³-hybridized carbons (Fsp3) is 0.588. The summed E-state index contributed by atoms with van der Waals surface area (Å²) in [6, 6.07) is 5.49. The van der Waals surface area contributed by atoms with Gasteiger partial charge in [0.15, 0.2) is 0 Å². The second-order valence-corrected chi connectivity index (χ2v) is 7.85. The van der Waals surface area contributed by atoms with E-state index in [1.54, 1.807) is 11.0 Å². The number of rotatable bonds is 4. The molecule has 1 aromatic rings. The topological polar surface area (TPSA) is 61.8 Å². The quantitative estimate of drug-likeness (QED) is 0.833. The Hall–Kier alpha value is -1.27. The van der Waals surface area contributed by atoms with Crippen molar-refractivity contribution in [3.8, 4) is 5.75 Å². The van der Waals surface area contributed by atoms with Gasteiger partial charge in [-0.2, -0.15) is 0 Å². The average Bonchev–Trinajstić information content (AvgIpc) is 2.90. The van der Waals surface area contributed by atoms with Gasteiger partial charge in [-0.05, 0) is 66.7 Å². The third-order valence-electron chi connectivity index (χ3n) is 3.71. The van der Waals surface area contributed by atoms with Crippen molar-refractivity contribution in [2.75, 3.05) is 19.6 Å². The molecule has 0 radical (unpaired) electrons. The molecule has 0 bridgehead atoms. The highest BCUT2D eigenvalue weighted by Crippen LogP contribution is 2.24. The number of hydrogen-bond acceptors (Lipinski definition) is 4. The van der Waals surface area contributed by atoms with E-state index >= 15 is 0 Å². The average molecular weight is 385 g/mol. The molecule has 1 saturated heterocycles. The van der Waals surface area contributed by atoms with Gasteiger partial charge in [0, 0.05) is 26.2 Å². The molecule has 1 fully saturated rings. The van der Waals surface area contributed by atoms with Crippen LogP contribution in [0, 0.1) is 5.92 Å². The number of carbonyl (C=O) groups is 1. The summed E-state index contributed by atoms with van der Waals surface area (Å²) in [5.41, 5.74) is 0.663. The Labute approximate surface area is 146 Å². The highest BCUT2D eigenvalue weighted by atomic mass is 79.9. The first kappa shape index (κ1) is 18.1. The number of ether oxygens (including phenoxy) is 1. The summed E-state index contributed by atoms with van der Waals surface area (Å²) in [5.74, 6) is 0.695. The van der Waals surface area contributed by atoms with Gasteiger partial charge in [-0.3, -0.25) is 0 Å². The van der Waals surface area contributed by atoms with Gasteiger partial charge in [-0.15, -0.1) is 0 Å². The largest absolute Gasteiger partial charge is 0.507 e. The Bertz CT molecular complexity index is 557. The number of benzene rings is 1.